The molecule has 6 heteroatoms. The highest BCUT2D eigenvalue weighted by Gasteiger charge is 2.26. The van der Waals surface area contributed by atoms with Gasteiger partial charge in [0.2, 0.25) is 0 Å². The van der Waals surface area contributed by atoms with E-state index in [1.54, 1.807) is 0 Å². The van der Waals surface area contributed by atoms with E-state index in [-0.39, 0.29) is 17.9 Å². The fourth-order valence-corrected chi connectivity index (χ4v) is 4.88. The molecule has 1 unspecified atom stereocenters. The molecule has 2 heterocycles. The van der Waals surface area contributed by atoms with Crippen LogP contribution < -0.4 is 5.32 Å². The predicted octanol–water partition coefficient (Wildman–Crippen LogP) is 3.99. The van der Waals surface area contributed by atoms with E-state index in [1.807, 2.05) is 55.1 Å². The van der Waals surface area contributed by atoms with Gasteiger partial charge in [0.15, 0.2) is 0 Å². The Balaban J connectivity index is 1.35. The monoisotopic (exact) mass is 463 g/mol. The van der Waals surface area contributed by atoms with Gasteiger partial charge in [0.1, 0.15) is 0 Å². The van der Waals surface area contributed by atoms with E-state index in [0.29, 0.717) is 24.8 Å². The number of hydrogen-bond donors (Lipinski definition) is 1. The molecule has 0 radical (unpaired) electrons. The molecule has 0 bridgehead atoms. The first-order chi connectivity index (χ1) is 16.4. The van der Waals surface area contributed by atoms with Gasteiger partial charge in [-0.3, -0.25) is 14.5 Å². The SMILES string of the molecule is CC(C)OCCNC(=O)c1ccc(-c2ccc3c(c2)CCN(CCN2CCCC2C)C3=O)cc1. The van der Waals surface area contributed by atoms with Gasteiger partial charge < -0.3 is 15.0 Å². The highest BCUT2D eigenvalue weighted by atomic mass is 16.5. The molecule has 2 aliphatic heterocycles. The average molecular weight is 464 g/mol. The number of carbonyl (C=O) groups is 2. The molecule has 2 aliphatic rings. The van der Waals surface area contributed by atoms with Gasteiger partial charge in [-0.1, -0.05) is 24.3 Å². The first-order valence-corrected chi connectivity index (χ1v) is 12.6. The quantitative estimate of drug-likeness (QED) is 0.571. The van der Waals surface area contributed by atoms with Crippen LogP contribution in [0.1, 0.15) is 59.9 Å². The maximum Gasteiger partial charge on any atom is 0.254 e. The molecular weight excluding hydrogens is 426 g/mol. The van der Waals surface area contributed by atoms with Gasteiger partial charge in [0.05, 0.1) is 12.7 Å². The van der Waals surface area contributed by atoms with Gasteiger partial charge in [-0.25, -0.2) is 0 Å². The number of carbonyl (C=O) groups excluding carboxylic acids is 2. The lowest BCUT2D eigenvalue weighted by Crippen LogP contribution is -2.43. The Labute approximate surface area is 203 Å². The minimum Gasteiger partial charge on any atom is -0.377 e. The summed E-state index contributed by atoms with van der Waals surface area (Å²) in [7, 11) is 0. The molecule has 2 aromatic carbocycles. The van der Waals surface area contributed by atoms with E-state index in [2.05, 4.69) is 23.2 Å². The van der Waals surface area contributed by atoms with Crippen LogP contribution in [0.2, 0.25) is 0 Å². The standard InChI is InChI=1S/C28H37N3O3/c1-20(2)34-18-13-29-27(32)23-8-6-22(7-9-23)24-10-11-26-25(19-24)12-15-31(28(26)33)17-16-30-14-4-5-21(30)3/h6-11,19-21H,4-5,12-18H2,1-3H3,(H,29,32). The predicted molar refractivity (Wildman–Crippen MR) is 135 cm³/mol. The van der Waals surface area contributed by atoms with Gasteiger partial charge in [0, 0.05) is 43.3 Å². The van der Waals surface area contributed by atoms with Gasteiger partial charge >= 0.3 is 0 Å². The molecule has 4 rings (SSSR count). The van der Waals surface area contributed by atoms with Crippen LogP contribution in [-0.4, -0.2) is 73.1 Å². The molecule has 1 atom stereocenters. The summed E-state index contributed by atoms with van der Waals surface area (Å²) in [5.41, 5.74) is 4.68. The summed E-state index contributed by atoms with van der Waals surface area (Å²) < 4.78 is 5.46. The van der Waals surface area contributed by atoms with Crippen molar-refractivity contribution < 1.29 is 14.3 Å². The van der Waals surface area contributed by atoms with Gasteiger partial charge in [0.25, 0.3) is 11.8 Å². The molecule has 182 valence electrons. The summed E-state index contributed by atoms with van der Waals surface area (Å²) >= 11 is 0. The van der Waals surface area contributed by atoms with Gasteiger partial charge in [-0.05, 0) is 81.5 Å². The van der Waals surface area contributed by atoms with Crippen LogP contribution in [0.3, 0.4) is 0 Å². The molecule has 1 saturated heterocycles. The lowest BCUT2D eigenvalue weighted by molar-refractivity contribution is 0.0716. The molecule has 34 heavy (non-hydrogen) atoms. The van der Waals surface area contributed by atoms with E-state index in [4.69, 9.17) is 4.74 Å². The van der Waals surface area contributed by atoms with Crippen molar-refractivity contribution in [3.63, 3.8) is 0 Å². The van der Waals surface area contributed by atoms with Crippen molar-refractivity contribution in [2.45, 2.75) is 52.2 Å². The second-order valence-corrected chi connectivity index (χ2v) is 9.69. The molecule has 6 nitrogen and oxygen atoms in total. The van der Waals surface area contributed by atoms with E-state index >= 15 is 0 Å². The third-order valence-corrected chi connectivity index (χ3v) is 6.94. The number of hydrogen-bond acceptors (Lipinski definition) is 4. The lowest BCUT2D eigenvalue weighted by atomic mass is 9.93. The highest BCUT2D eigenvalue weighted by molar-refractivity contribution is 5.97. The van der Waals surface area contributed by atoms with E-state index in [9.17, 15) is 9.59 Å². The van der Waals surface area contributed by atoms with Gasteiger partial charge in [-0.15, -0.1) is 0 Å². The first kappa shape index (κ1) is 24.4. The van der Waals surface area contributed by atoms with Gasteiger partial charge in [-0.2, -0.15) is 0 Å². The van der Waals surface area contributed by atoms with Crippen molar-refractivity contribution in [2.24, 2.45) is 0 Å². The maximum absolute atomic E-state index is 13.1. The molecule has 0 spiro atoms. The van der Waals surface area contributed by atoms with Crippen molar-refractivity contribution in [1.82, 2.24) is 15.1 Å². The third-order valence-electron chi connectivity index (χ3n) is 6.94. The fourth-order valence-electron chi connectivity index (χ4n) is 4.88. The first-order valence-electron chi connectivity index (χ1n) is 12.6. The number of amides is 2. The Bertz CT molecular complexity index is 1000. The van der Waals surface area contributed by atoms with Crippen LogP contribution in [0.15, 0.2) is 42.5 Å². The van der Waals surface area contributed by atoms with E-state index < -0.39 is 0 Å². The summed E-state index contributed by atoms with van der Waals surface area (Å²) in [5, 5.41) is 2.88. The summed E-state index contributed by atoms with van der Waals surface area (Å²) in [6.07, 6.45) is 3.56. The maximum atomic E-state index is 13.1. The number of nitrogens with one attached hydrogen (secondary N) is 1. The molecular formula is C28H37N3O3. The molecule has 1 fully saturated rings. The van der Waals surface area contributed by atoms with Crippen molar-refractivity contribution in [3.8, 4) is 11.1 Å². The Hall–Kier alpha value is -2.70. The average Bonchev–Trinajstić information content (AvgIpc) is 3.25. The van der Waals surface area contributed by atoms with Crippen LogP contribution in [0.5, 0.6) is 0 Å². The zero-order chi connectivity index (χ0) is 24.1. The summed E-state index contributed by atoms with van der Waals surface area (Å²) in [6.45, 7) is 10.9. The van der Waals surface area contributed by atoms with E-state index in [0.717, 1.165) is 54.9 Å². The van der Waals surface area contributed by atoms with Crippen molar-refractivity contribution >= 4 is 11.8 Å². The third kappa shape index (κ3) is 5.86. The number of likely N-dealkylation sites (tertiary alicyclic amines) is 1. The smallest absolute Gasteiger partial charge is 0.254 e. The Morgan fingerprint density at radius 3 is 2.56 bits per heavy atom. The molecule has 0 aliphatic carbocycles. The second kappa shape index (κ2) is 11.2. The molecule has 2 aromatic rings. The number of nitrogens with zero attached hydrogens (tertiary/aromatic N) is 2. The zero-order valence-electron chi connectivity index (χ0n) is 20.7. The largest absolute Gasteiger partial charge is 0.377 e. The second-order valence-electron chi connectivity index (χ2n) is 9.69. The lowest BCUT2D eigenvalue weighted by Gasteiger charge is -2.31. The Kier molecular flexibility index (Phi) is 8.01. The molecule has 0 saturated carbocycles. The fraction of sp³-hybridized carbons (Fsp3) is 0.500. The zero-order valence-corrected chi connectivity index (χ0v) is 20.7. The topological polar surface area (TPSA) is 61.9 Å². The minimum atomic E-state index is -0.0987. The van der Waals surface area contributed by atoms with Crippen molar-refractivity contribution in [3.05, 3.63) is 59.2 Å². The van der Waals surface area contributed by atoms with Crippen molar-refractivity contribution in [2.75, 3.05) is 39.3 Å². The molecule has 0 aromatic heterocycles. The summed E-state index contributed by atoms with van der Waals surface area (Å²) in [6, 6.07) is 14.4. The van der Waals surface area contributed by atoms with Crippen LogP contribution in [0, 0.1) is 0 Å². The molecule has 2 amide bonds. The van der Waals surface area contributed by atoms with E-state index in [1.165, 1.54) is 12.8 Å². The normalized spacial score (nSPS) is 18.4. The minimum absolute atomic E-state index is 0.0987. The number of fused-ring (bicyclic) bond motifs is 1. The summed E-state index contributed by atoms with van der Waals surface area (Å²) in [4.78, 5) is 29.9. The van der Waals surface area contributed by atoms with Crippen LogP contribution in [0.4, 0.5) is 0 Å². The summed E-state index contributed by atoms with van der Waals surface area (Å²) in [5.74, 6) is 0.0477. The Morgan fingerprint density at radius 2 is 1.85 bits per heavy atom. The Morgan fingerprint density at radius 1 is 1.09 bits per heavy atom. The number of ether oxygens (including phenoxy) is 1. The highest BCUT2D eigenvalue weighted by Crippen LogP contribution is 2.27. The number of benzene rings is 2. The molecule has 1 N–H and O–H groups in total. The van der Waals surface area contributed by atoms with Crippen LogP contribution in [-0.2, 0) is 11.2 Å². The number of rotatable bonds is 9. The van der Waals surface area contributed by atoms with Crippen molar-refractivity contribution in [1.29, 1.82) is 0 Å². The van der Waals surface area contributed by atoms with Crippen LogP contribution >= 0.6 is 0 Å². The van der Waals surface area contributed by atoms with Crippen LogP contribution in [0.25, 0.3) is 11.1 Å².